The molecule has 0 radical (unpaired) electrons. The quantitative estimate of drug-likeness (QED) is 0.711. The molecule has 0 aliphatic rings. The smallest absolute Gasteiger partial charge is 0.129 e. The molecule has 1 rings (SSSR count). The first kappa shape index (κ1) is 17.5. The SMILES string of the molecule is COCCNCC(=Cc1ccc(OC)cc1OC)C(C)C. The highest BCUT2D eigenvalue weighted by Crippen LogP contribution is 2.27. The Bertz CT molecular complexity index is 455. The van der Waals surface area contributed by atoms with Crippen molar-refractivity contribution in [1.29, 1.82) is 0 Å². The van der Waals surface area contributed by atoms with E-state index in [0.717, 1.165) is 36.8 Å². The molecule has 0 heterocycles. The summed E-state index contributed by atoms with van der Waals surface area (Å²) in [5.41, 5.74) is 2.39. The number of benzene rings is 1. The van der Waals surface area contributed by atoms with Gasteiger partial charge in [0, 0.05) is 31.8 Å². The zero-order chi connectivity index (χ0) is 15.7. The van der Waals surface area contributed by atoms with E-state index < -0.39 is 0 Å². The number of ether oxygens (including phenoxy) is 3. The van der Waals surface area contributed by atoms with Gasteiger partial charge in [0.25, 0.3) is 0 Å². The Labute approximate surface area is 128 Å². The molecule has 0 fully saturated rings. The highest BCUT2D eigenvalue weighted by Gasteiger charge is 2.07. The first-order valence-corrected chi connectivity index (χ1v) is 7.24. The summed E-state index contributed by atoms with van der Waals surface area (Å²) in [6.45, 7) is 6.80. The summed E-state index contributed by atoms with van der Waals surface area (Å²) in [6, 6.07) is 5.88. The number of hydrogen-bond donors (Lipinski definition) is 1. The van der Waals surface area contributed by atoms with Crippen LogP contribution in [0.2, 0.25) is 0 Å². The number of nitrogens with one attached hydrogen (secondary N) is 1. The molecular weight excluding hydrogens is 266 g/mol. The van der Waals surface area contributed by atoms with E-state index in [0.29, 0.717) is 5.92 Å². The van der Waals surface area contributed by atoms with Crippen LogP contribution in [0.3, 0.4) is 0 Å². The minimum Gasteiger partial charge on any atom is -0.497 e. The maximum absolute atomic E-state index is 5.45. The van der Waals surface area contributed by atoms with Crippen molar-refractivity contribution in [2.75, 3.05) is 41.0 Å². The van der Waals surface area contributed by atoms with Crippen LogP contribution in [-0.4, -0.2) is 41.0 Å². The van der Waals surface area contributed by atoms with Gasteiger partial charge in [-0.05, 0) is 18.1 Å². The van der Waals surface area contributed by atoms with E-state index in [9.17, 15) is 0 Å². The molecule has 1 aromatic rings. The maximum atomic E-state index is 5.45. The Morgan fingerprint density at radius 3 is 2.52 bits per heavy atom. The van der Waals surface area contributed by atoms with Crippen molar-refractivity contribution in [2.24, 2.45) is 5.92 Å². The molecule has 0 aliphatic heterocycles. The van der Waals surface area contributed by atoms with E-state index in [2.05, 4.69) is 25.2 Å². The van der Waals surface area contributed by atoms with E-state index in [4.69, 9.17) is 14.2 Å². The molecule has 21 heavy (non-hydrogen) atoms. The second kappa shape index (κ2) is 9.42. The van der Waals surface area contributed by atoms with Crippen molar-refractivity contribution >= 4 is 6.08 Å². The second-order valence-electron chi connectivity index (χ2n) is 5.15. The Morgan fingerprint density at radius 1 is 1.19 bits per heavy atom. The van der Waals surface area contributed by atoms with Gasteiger partial charge in [-0.15, -0.1) is 0 Å². The normalized spacial score (nSPS) is 11.8. The van der Waals surface area contributed by atoms with E-state index in [-0.39, 0.29) is 0 Å². The molecule has 4 heteroatoms. The highest BCUT2D eigenvalue weighted by molar-refractivity contribution is 5.62. The minimum atomic E-state index is 0.465. The molecule has 118 valence electrons. The van der Waals surface area contributed by atoms with E-state index in [1.807, 2.05) is 18.2 Å². The van der Waals surface area contributed by atoms with Crippen molar-refractivity contribution in [1.82, 2.24) is 5.32 Å². The zero-order valence-corrected chi connectivity index (χ0v) is 13.7. The number of rotatable bonds is 9. The fraction of sp³-hybridized carbons (Fsp3) is 0.529. The summed E-state index contributed by atoms with van der Waals surface area (Å²) >= 11 is 0. The molecule has 0 aromatic heterocycles. The third-order valence-corrected chi connectivity index (χ3v) is 3.34. The predicted octanol–water partition coefficient (Wildman–Crippen LogP) is 2.98. The van der Waals surface area contributed by atoms with Gasteiger partial charge in [0.2, 0.25) is 0 Å². The van der Waals surface area contributed by atoms with Crippen molar-refractivity contribution in [3.8, 4) is 11.5 Å². The van der Waals surface area contributed by atoms with Crippen LogP contribution in [0, 0.1) is 5.92 Å². The van der Waals surface area contributed by atoms with Gasteiger partial charge in [-0.25, -0.2) is 0 Å². The summed E-state index contributed by atoms with van der Waals surface area (Å²) < 4.78 is 15.7. The average molecular weight is 293 g/mol. The first-order chi connectivity index (χ1) is 10.1. The summed E-state index contributed by atoms with van der Waals surface area (Å²) in [5.74, 6) is 2.09. The molecule has 1 N–H and O–H groups in total. The van der Waals surface area contributed by atoms with Gasteiger partial charge < -0.3 is 19.5 Å². The van der Waals surface area contributed by atoms with Gasteiger partial charge in [-0.3, -0.25) is 0 Å². The van der Waals surface area contributed by atoms with Gasteiger partial charge >= 0.3 is 0 Å². The lowest BCUT2D eigenvalue weighted by Gasteiger charge is -2.14. The molecule has 4 nitrogen and oxygen atoms in total. The average Bonchev–Trinajstić information content (AvgIpc) is 2.50. The van der Waals surface area contributed by atoms with Crippen LogP contribution in [-0.2, 0) is 4.74 Å². The van der Waals surface area contributed by atoms with Gasteiger partial charge in [0.15, 0.2) is 0 Å². The lowest BCUT2D eigenvalue weighted by atomic mass is 9.99. The molecule has 0 saturated heterocycles. The molecule has 0 bridgehead atoms. The first-order valence-electron chi connectivity index (χ1n) is 7.24. The van der Waals surface area contributed by atoms with Crippen LogP contribution in [0.15, 0.2) is 23.8 Å². The molecule has 0 spiro atoms. The summed E-state index contributed by atoms with van der Waals surface area (Å²) in [7, 11) is 5.05. The predicted molar refractivity (Wildman–Crippen MR) is 87.1 cm³/mol. The van der Waals surface area contributed by atoms with Crippen molar-refractivity contribution in [2.45, 2.75) is 13.8 Å². The summed E-state index contributed by atoms with van der Waals surface area (Å²) in [4.78, 5) is 0. The van der Waals surface area contributed by atoms with Gasteiger partial charge in [-0.2, -0.15) is 0 Å². The standard InChI is InChI=1S/C17H27NO3/c1-13(2)15(12-18-8-9-19-3)10-14-6-7-16(20-4)11-17(14)21-5/h6-7,10-11,13,18H,8-9,12H2,1-5H3. The molecule has 0 amide bonds. The van der Waals surface area contributed by atoms with Crippen molar-refractivity contribution in [3.63, 3.8) is 0 Å². The molecule has 1 aromatic carbocycles. The largest absolute Gasteiger partial charge is 0.497 e. The Balaban J connectivity index is 2.88. The van der Waals surface area contributed by atoms with Crippen LogP contribution < -0.4 is 14.8 Å². The Morgan fingerprint density at radius 2 is 1.95 bits per heavy atom. The zero-order valence-electron chi connectivity index (χ0n) is 13.7. The van der Waals surface area contributed by atoms with Crippen LogP contribution in [0.1, 0.15) is 19.4 Å². The monoisotopic (exact) mass is 293 g/mol. The van der Waals surface area contributed by atoms with Crippen LogP contribution in [0.5, 0.6) is 11.5 Å². The molecule has 0 unspecified atom stereocenters. The lowest BCUT2D eigenvalue weighted by molar-refractivity contribution is 0.200. The maximum Gasteiger partial charge on any atom is 0.129 e. The lowest BCUT2D eigenvalue weighted by Crippen LogP contribution is -2.23. The van der Waals surface area contributed by atoms with Gasteiger partial charge in [-0.1, -0.05) is 25.5 Å². The topological polar surface area (TPSA) is 39.7 Å². The number of hydrogen-bond acceptors (Lipinski definition) is 4. The van der Waals surface area contributed by atoms with E-state index in [1.165, 1.54) is 5.57 Å². The van der Waals surface area contributed by atoms with Crippen molar-refractivity contribution < 1.29 is 14.2 Å². The van der Waals surface area contributed by atoms with E-state index in [1.54, 1.807) is 21.3 Å². The molecule has 0 aliphatic carbocycles. The molecule has 0 atom stereocenters. The fourth-order valence-electron chi connectivity index (χ4n) is 1.97. The Kier molecular flexibility index (Phi) is 7.87. The van der Waals surface area contributed by atoms with Gasteiger partial charge in [0.05, 0.1) is 20.8 Å². The molecular formula is C17H27NO3. The van der Waals surface area contributed by atoms with E-state index >= 15 is 0 Å². The summed E-state index contributed by atoms with van der Waals surface area (Å²) in [5, 5.41) is 3.39. The van der Waals surface area contributed by atoms with Crippen molar-refractivity contribution in [3.05, 3.63) is 29.3 Å². The highest BCUT2D eigenvalue weighted by atomic mass is 16.5. The minimum absolute atomic E-state index is 0.465. The Hall–Kier alpha value is -1.52. The van der Waals surface area contributed by atoms with Crippen LogP contribution >= 0.6 is 0 Å². The fourth-order valence-corrected chi connectivity index (χ4v) is 1.97. The third-order valence-electron chi connectivity index (χ3n) is 3.34. The number of methoxy groups -OCH3 is 3. The summed E-state index contributed by atoms with van der Waals surface area (Å²) in [6.07, 6.45) is 2.18. The van der Waals surface area contributed by atoms with Gasteiger partial charge in [0.1, 0.15) is 11.5 Å². The molecule has 0 saturated carbocycles. The third kappa shape index (κ3) is 5.78. The second-order valence-corrected chi connectivity index (χ2v) is 5.15. The van der Waals surface area contributed by atoms with Crippen LogP contribution in [0.4, 0.5) is 0 Å². The van der Waals surface area contributed by atoms with Crippen LogP contribution in [0.25, 0.3) is 6.08 Å².